The first-order valence-electron chi connectivity index (χ1n) is 8.34. The van der Waals surface area contributed by atoms with Crippen LogP contribution in [-0.2, 0) is 11.2 Å². The van der Waals surface area contributed by atoms with E-state index in [0.29, 0.717) is 31.1 Å². The molecule has 0 N–H and O–H groups in total. The van der Waals surface area contributed by atoms with Gasteiger partial charge in [-0.05, 0) is 75.0 Å². The van der Waals surface area contributed by atoms with Crippen molar-refractivity contribution in [1.82, 2.24) is 4.90 Å². The summed E-state index contributed by atoms with van der Waals surface area (Å²) in [7, 11) is 3.22. The fourth-order valence-corrected chi connectivity index (χ4v) is 5.74. The quantitative estimate of drug-likeness (QED) is 0.515. The Morgan fingerprint density at radius 1 is 1.22 bits per heavy atom. The summed E-state index contributed by atoms with van der Waals surface area (Å²) in [6, 6.07) is 5.91. The number of carbonyl (C=O) groups is 1. The molecular formula is C19H19Br2NO4S. The Hall–Kier alpha value is -1.51. The number of carbonyl (C=O) groups excluding carboxylic acids is 1. The van der Waals surface area contributed by atoms with Gasteiger partial charge in [0.25, 0.3) is 0 Å². The van der Waals surface area contributed by atoms with E-state index in [-0.39, 0.29) is 6.09 Å². The second-order valence-corrected chi connectivity index (χ2v) is 9.52. The number of hydrogen-bond acceptors (Lipinski definition) is 5. The van der Waals surface area contributed by atoms with Crippen molar-refractivity contribution in [3.63, 3.8) is 0 Å². The number of rotatable bonds is 4. The molecule has 2 aromatic rings. The molecule has 1 aliphatic heterocycles. The zero-order valence-corrected chi connectivity index (χ0v) is 19.2. The molecule has 27 heavy (non-hydrogen) atoms. The van der Waals surface area contributed by atoms with Gasteiger partial charge in [-0.1, -0.05) is 0 Å². The van der Waals surface area contributed by atoms with Gasteiger partial charge in [-0.25, -0.2) is 4.79 Å². The Morgan fingerprint density at radius 3 is 2.52 bits per heavy atom. The van der Waals surface area contributed by atoms with Crippen LogP contribution in [0.25, 0.3) is 11.8 Å². The smallest absolute Gasteiger partial charge is 0.414 e. The predicted molar refractivity (Wildman–Crippen MR) is 115 cm³/mol. The van der Waals surface area contributed by atoms with Gasteiger partial charge in [0.1, 0.15) is 0 Å². The van der Waals surface area contributed by atoms with Gasteiger partial charge in [-0.2, -0.15) is 0 Å². The van der Waals surface area contributed by atoms with Gasteiger partial charge >= 0.3 is 6.09 Å². The van der Waals surface area contributed by atoms with Crippen LogP contribution in [0.4, 0.5) is 4.79 Å². The second kappa shape index (κ2) is 8.67. The van der Waals surface area contributed by atoms with E-state index in [4.69, 9.17) is 14.2 Å². The summed E-state index contributed by atoms with van der Waals surface area (Å²) < 4.78 is 18.2. The number of amides is 1. The average Bonchev–Trinajstić information content (AvgIpc) is 2.97. The topological polar surface area (TPSA) is 48.0 Å². The molecule has 0 saturated carbocycles. The first kappa shape index (κ1) is 20.2. The minimum absolute atomic E-state index is 0.328. The van der Waals surface area contributed by atoms with Crippen LogP contribution in [-0.4, -0.2) is 38.4 Å². The number of benzene rings is 1. The highest BCUT2D eigenvalue weighted by atomic mass is 79.9. The molecular weight excluding hydrogens is 498 g/mol. The number of methoxy groups -OCH3 is 2. The maximum atomic E-state index is 12.6. The van der Waals surface area contributed by atoms with Crippen molar-refractivity contribution in [3.8, 4) is 11.5 Å². The van der Waals surface area contributed by atoms with Crippen LogP contribution in [0.1, 0.15) is 23.6 Å². The number of ether oxygens (including phenoxy) is 3. The predicted octanol–water partition coefficient (Wildman–Crippen LogP) is 5.80. The summed E-state index contributed by atoms with van der Waals surface area (Å²) in [5.41, 5.74) is 3.80. The molecule has 0 radical (unpaired) electrons. The summed E-state index contributed by atoms with van der Waals surface area (Å²) in [4.78, 5) is 14.2. The monoisotopic (exact) mass is 515 g/mol. The van der Waals surface area contributed by atoms with Crippen LogP contribution < -0.4 is 9.47 Å². The number of hydrogen-bond donors (Lipinski definition) is 0. The van der Waals surface area contributed by atoms with Gasteiger partial charge in [-0.15, -0.1) is 11.3 Å². The highest BCUT2D eigenvalue weighted by molar-refractivity contribution is 9.12. The maximum Gasteiger partial charge on any atom is 0.414 e. The third-order valence-electron chi connectivity index (χ3n) is 4.24. The van der Waals surface area contributed by atoms with Crippen molar-refractivity contribution < 1.29 is 19.0 Å². The molecule has 1 aromatic heterocycles. The second-order valence-electron chi connectivity index (χ2n) is 5.77. The van der Waals surface area contributed by atoms with Crippen LogP contribution in [0.5, 0.6) is 11.5 Å². The summed E-state index contributed by atoms with van der Waals surface area (Å²) in [6.45, 7) is 2.67. The first-order chi connectivity index (χ1) is 13.0. The minimum atomic E-state index is -0.352. The molecule has 144 valence electrons. The number of thiophene rings is 1. The van der Waals surface area contributed by atoms with Crippen LogP contribution in [0.3, 0.4) is 0 Å². The van der Waals surface area contributed by atoms with E-state index >= 15 is 0 Å². The molecule has 0 fully saturated rings. The molecule has 0 saturated heterocycles. The van der Waals surface area contributed by atoms with Gasteiger partial charge in [-0.3, -0.25) is 4.90 Å². The summed E-state index contributed by atoms with van der Waals surface area (Å²) in [6.07, 6.45) is 2.35. The third kappa shape index (κ3) is 4.17. The van der Waals surface area contributed by atoms with Crippen molar-refractivity contribution in [3.05, 3.63) is 42.5 Å². The van der Waals surface area contributed by atoms with Crippen molar-refractivity contribution >= 4 is 61.1 Å². The lowest BCUT2D eigenvalue weighted by Gasteiger charge is -2.31. The zero-order valence-electron chi connectivity index (χ0n) is 15.2. The Balaban J connectivity index is 2.17. The molecule has 0 aliphatic carbocycles. The van der Waals surface area contributed by atoms with E-state index in [0.717, 1.165) is 30.0 Å². The highest BCUT2D eigenvalue weighted by Crippen LogP contribution is 2.40. The molecule has 5 nitrogen and oxygen atoms in total. The van der Waals surface area contributed by atoms with E-state index in [1.54, 1.807) is 37.4 Å². The average molecular weight is 517 g/mol. The maximum absolute atomic E-state index is 12.6. The number of halogens is 2. The molecule has 8 heteroatoms. The normalized spacial score (nSPS) is 14.9. The number of fused-ring (bicyclic) bond motifs is 1. The molecule has 0 unspecified atom stereocenters. The van der Waals surface area contributed by atoms with Crippen molar-refractivity contribution in [2.75, 3.05) is 27.4 Å². The van der Waals surface area contributed by atoms with Gasteiger partial charge in [0.05, 0.1) is 34.1 Å². The standard InChI is InChI=1S/C19H19Br2NO4S/c1-4-26-19(23)22-6-5-11-8-15(24-2)16(25-3)10-13(11)14(22)7-12-9-17(20)27-18(12)21/h7-10H,4-6H2,1-3H3. The lowest BCUT2D eigenvalue weighted by atomic mass is 9.95. The van der Waals surface area contributed by atoms with E-state index in [1.807, 2.05) is 24.3 Å². The van der Waals surface area contributed by atoms with Crippen LogP contribution in [0, 0.1) is 0 Å². The Labute approximate surface area is 179 Å². The lowest BCUT2D eigenvalue weighted by Crippen LogP contribution is -2.35. The largest absolute Gasteiger partial charge is 0.493 e. The Kier molecular flexibility index (Phi) is 6.49. The Bertz CT molecular complexity index is 894. The molecule has 1 amide bonds. The molecule has 0 atom stereocenters. The van der Waals surface area contributed by atoms with Crippen LogP contribution in [0.15, 0.2) is 25.8 Å². The molecule has 0 bridgehead atoms. The van der Waals surface area contributed by atoms with E-state index in [1.165, 1.54) is 0 Å². The molecule has 1 aromatic carbocycles. The van der Waals surface area contributed by atoms with E-state index in [9.17, 15) is 4.79 Å². The summed E-state index contributed by atoms with van der Waals surface area (Å²) in [5, 5.41) is 0. The minimum Gasteiger partial charge on any atom is -0.493 e. The molecule has 2 heterocycles. The molecule has 3 rings (SSSR count). The summed E-state index contributed by atoms with van der Waals surface area (Å²) in [5.74, 6) is 1.30. The van der Waals surface area contributed by atoms with Gasteiger partial charge < -0.3 is 14.2 Å². The third-order valence-corrected chi connectivity index (χ3v) is 6.63. The first-order valence-corrected chi connectivity index (χ1v) is 10.7. The van der Waals surface area contributed by atoms with Gasteiger partial charge in [0, 0.05) is 17.7 Å². The number of nitrogens with zero attached hydrogens (tertiary/aromatic N) is 1. The zero-order chi connectivity index (χ0) is 19.6. The summed E-state index contributed by atoms with van der Waals surface area (Å²) >= 11 is 8.68. The van der Waals surface area contributed by atoms with Crippen molar-refractivity contribution in [1.29, 1.82) is 0 Å². The molecule has 0 spiro atoms. The SMILES string of the molecule is CCOC(=O)N1CCc2cc(OC)c(OC)cc2C1=Cc1cc(Br)sc1Br. The highest BCUT2D eigenvalue weighted by Gasteiger charge is 2.29. The van der Waals surface area contributed by atoms with E-state index in [2.05, 4.69) is 31.9 Å². The van der Waals surface area contributed by atoms with Crippen molar-refractivity contribution in [2.24, 2.45) is 0 Å². The van der Waals surface area contributed by atoms with Gasteiger partial charge in [0.2, 0.25) is 0 Å². The molecule has 1 aliphatic rings. The van der Waals surface area contributed by atoms with Crippen LogP contribution >= 0.6 is 43.2 Å². The Morgan fingerprint density at radius 2 is 1.93 bits per heavy atom. The fraction of sp³-hybridized carbons (Fsp3) is 0.316. The lowest BCUT2D eigenvalue weighted by molar-refractivity contribution is 0.125. The van der Waals surface area contributed by atoms with Crippen LogP contribution in [0.2, 0.25) is 0 Å². The van der Waals surface area contributed by atoms with E-state index < -0.39 is 0 Å². The van der Waals surface area contributed by atoms with Crippen molar-refractivity contribution in [2.45, 2.75) is 13.3 Å². The fourth-order valence-electron chi connectivity index (χ4n) is 3.01. The van der Waals surface area contributed by atoms with Gasteiger partial charge in [0.15, 0.2) is 11.5 Å².